The first-order valence-electron chi connectivity index (χ1n) is 5.59. The molecule has 1 aromatic rings. The molecule has 1 amide bonds. The van der Waals surface area contributed by atoms with Crippen molar-refractivity contribution in [3.63, 3.8) is 0 Å². The second-order valence-electron chi connectivity index (χ2n) is 4.13. The van der Waals surface area contributed by atoms with Crippen LogP contribution in [-0.2, 0) is 11.2 Å². The zero-order valence-electron chi connectivity index (χ0n) is 9.30. The lowest BCUT2D eigenvalue weighted by atomic mass is 10.0. The van der Waals surface area contributed by atoms with Gasteiger partial charge in [0.15, 0.2) is 0 Å². The van der Waals surface area contributed by atoms with Crippen molar-refractivity contribution in [1.29, 1.82) is 0 Å². The number of amides is 1. The summed E-state index contributed by atoms with van der Waals surface area (Å²) >= 11 is 3.30. The van der Waals surface area contributed by atoms with Crippen LogP contribution in [0.15, 0.2) is 22.7 Å². The first-order chi connectivity index (χ1) is 8.16. The van der Waals surface area contributed by atoms with E-state index in [1.165, 1.54) is 6.07 Å². The molecule has 1 heterocycles. The quantitative estimate of drug-likeness (QED) is 0.884. The van der Waals surface area contributed by atoms with E-state index in [0.29, 0.717) is 18.5 Å². The average Bonchev–Trinajstić information content (AvgIpc) is 2.20. The summed E-state index contributed by atoms with van der Waals surface area (Å²) in [6.07, 6.45) is 0.511. The Balaban J connectivity index is 1.81. The predicted octanol–water partition coefficient (Wildman–Crippen LogP) is 1.47. The van der Waals surface area contributed by atoms with E-state index >= 15 is 0 Å². The normalized spacial score (nSPS) is 15.4. The Morgan fingerprint density at radius 2 is 2.29 bits per heavy atom. The molecule has 2 N–H and O–H groups in total. The summed E-state index contributed by atoms with van der Waals surface area (Å²) in [5.74, 6) is -0.0886. The molecule has 17 heavy (non-hydrogen) atoms. The summed E-state index contributed by atoms with van der Waals surface area (Å²) in [6, 6.07) is 4.83. The van der Waals surface area contributed by atoms with Crippen molar-refractivity contribution < 1.29 is 9.18 Å². The highest BCUT2D eigenvalue weighted by molar-refractivity contribution is 9.10. The highest BCUT2D eigenvalue weighted by Crippen LogP contribution is 2.15. The third-order valence-corrected chi connectivity index (χ3v) is 3.35. The van der Waals surface area contributed by atoms with E-state index in [-0.39, 0.29) is 17.6 Å². The molecule has 0 unspecified atom stereocenters. The predicted molar refractivity (Wildman–Crippen MR) is 67.2 cm³/mol. The van der Waals surface area contributed by atoms with E-state index in [1.54, 1.807) is 12.1 Å². The van der Waals surface area contributed by atoms with Gasteiger partial charge in [0.05, 0.1) is 5.92 Å². The van der Waals surface area contributed by atoms with E-state index in [1.807, 2.05) is 0 Å². The van der Waals surface area contributed by atoms with Crippen LogP contribution in [0.3, 0.4) is 0 Å². The lowest BCUT2D eigenvalue weighted by Gasteiger charge is -2.25. The molecule has 1 saturated heterocycles. The minimum atomic E-state index is -0.229. The van der Waals surface area contributed by atoms with E-state index in [4.69, 9.17) is 0 Å². The third kappa shape index (κ3) is 3.26. The van der Waals surface area contributed by atoms with Crippen LogP contribution in [0.4, 0.5) is 4.39 Å². The average molecular weight is 301 g/mol. The zero-order valence-corrected chi connectivity index (χ0v) is 10.9. The molecule has 1 aliphatic rings. The largest absolute Gasteiger partial charge is 0.355 e. The van der Waals surface area contributed by atoms with Gasteiger partial charge in [-0.15, -0.1) is 0 Å². The number of carbonyl (C=O) groups is 1. The van der Waals surface area contributed by atoms with Gasteiger partial charge in [0, 0.05) is 24.1 Å². The van der Waals surface area contributed by atoms with Crippen LogP contribution in [0.2, 0.25) is 0 Å². The van der Waals surface area contributed by atoms with Crippen molar-refractivity contribution in [1.82, 2.24) is 10.6 Å². The number of carbonyl (C=O) groups excluding carboxylic acids is 1. The van der Waals surface area contributed by atoms with Crippen molar-refractivity contribution in [3.05, 3.63) is 34.1 Å². The smallest absolute Gasteiger partial charge is 0.225 e. The molecule has 1 aromatic carbocycles. The number of hydrogen-bond donors (Lipinski definition) is 2. The molecular weight excluding hydrogens is 287 g/mol. The van der Waals surface area contributed by atoms with Gasteiger partial charge in [-0.2, -0.15) is 0 Å². The molecule has 0 bridgehead atoms. The van der Waals surface area contributed by atoms with E-state index in [9.17, 15) is 9.18 Å². The SMILES string of the molecule is O=C(NCCc1cc(Br)ccc1F)C1CNC1. The van der Waals surface area contributed by atoms with Gasteiger partial charge in [0.25, 0.3) is 0 Å². The van der Waals surface area contributed by atoms with Crippen molar-refractivity contribution in [2.45, 2.75) is 6.42 Å². The van der Waals surface area contributed by atoms with Crippen molar-refractivity contribution in [2.75, 3.05) is 19.6 Å². The van der Waals surface area contributed by atoms with Gasteiger partial charge >= 0.3 is 0 Å². The van der Waals surface area contributed by atoms with Crippen molar-refractivity contribution in [3.8, 4) is 0 Å². The van der Waals surface area contributed by atoms with Gasteiger partial charge in [-0.05, 0) is 30.2 Å². The monoisotopic (exact) mass is 300 g/mol. The Bertz CT molecular complexity index is 421. The highest BCUT2D eigenvalue weighted by Gasteiger charge is 2.24. The van der Waals surface area contributed by atoms with Crippen LogP contribution in [0.5, 0.6) is 0 Å². The molecule has 1 aliphatic heterocycles. The Labute approximate surface area is 108 Å². The maximum absolute atomic E-state index is 13.4. The molecule has 5 heteroatoms. The summed E-state index contributed by atoms with van der Waals surface area (Å²) in [4.78, 5) is 11.5. The van der Waals surface area contributed by atoms with Gasteiger partial charge in [0.1, 0.15) is 5.82 Å². The fraction of sp³-hybridized carbons (Fsp3) is 0.417. The molecule has 0 spiro atoms. The molecule has 0 aliphatic carbocycles. The fourth-order valence-electron chi connectivity index (χ4n) is 1.67. The van der Waals surface area contributed by atoms with Gasteiger partial charge in [0.2, 0.25) is 5.91 Å². The van der Waals surface area contributed by atoms with Crippen LogP contribution in [0, 0.1) is 11.7 Å². The van der Waals surface area contributed by atoms with Gasteiger partial charge < -0.3 is 10.6 Å². The van der Waals surface area contributed by atoms with Gasteiger partial charge in [-0.1, -0.05) is 15.9 Å². The first kappa shape index (κ1) is 12.5. The topological polar surface area (TPSA) is 41.1 Å². The molecule has 92 valence electrons. The minimum Gasteiger partial charge on any atom is -0.355 e. The molecule has 1 fully saturated rings. The van der Waals surface area contributed by atoms with Crippen LogP contribution in [0.25, 0.3) is 0 Å². The van der Waals surface area contributed by atoms with Gasteiger partial charge in [-0.25, -0.2) is 4.39 Å². The lowest BCUT2D eigenvalue weighted by Crippen LogP contribution is -2.51. The molecule has 0 atom stereocenters. The minimum absolute atomic E-state index is 0.0548. The Kier molecular flexibility index (Phi) is 4.12. The molecule has 0 saturated carbocycles. The van der Waals surface area contributed by atoms with Crippen LogP contribution in [-0.4, -0.2) is 25.5 Å². The maximum Gasteiger partial charge on any atom is 0.225 e. The van der Waals surface area contributed by atoms with Crippen LogP contribution < -0.4 is 10.6 Å². The van der Waals surface area contributed by atoms with Crippen LogP contribution in [0.1, 0.15) is 5.56 Å². The van der Waals surface area contributed by atoms with Crippen molar-refractivity contribution in [2.24, 2.45) is 5.92 Å². The maximum atomic E-state index is 13.4. The standard InChI is InChI=1S/C12H14BrFN2O/c13-10-1-2-11(14)8(5-10)3-4-16-12(17)9-6-15-7-9/h1-2,5,9,15H,3-4,6-7H2,(H,16,17). The summed E-state index contributed by atoms with van der Waals surface area (Å²) in [6.45, 7) is 1.97. The summed E-state index contributed by atoms with van der Waals surface area (Å²) in [5.41, 5.74) is 0.617. The number of halogens is 2. The fourth-order valence-corrected chi connectivity index (χ4v) is 2.08. The van der Waals surface area contributed by atoms with Crippen LogP contribution >= 0.6 is 15.9 Å². The Hall–Kier alpha value is -0.940. The molecule has 2 rings (SSSR count). The van der Waals surface area contributed by atoms with E-state index < -0.39 is 0 Å². The summed E-state index contributed by atoms with van der Waals surface area (Å²) in [7, 11) is 0. The van der Waals surface area contributed by atoms with E-state index in [0.717, 1.165) is 17.6 Å². The summed E-state index contributed by atoms with van der Waals surface area (Å²) in [5, 5.41) is 5.86. The number of benzene rings is 1. The van der Waals surface area contributed by atoms with E-state index in [2.05, 4.69) is 26.6 Å². The molecule has 0 radical (unpaired) electrons. The number of rotatable bonds is 4. The molecule has 0 aromatic heterocycles. The summed E-state index contributed by atoms with van der Waals surface area (Å²) < 4.78 is 14.2. The molecule has 3 nitrogen and oxygen atoms in total. The number of nitrogens with one attached hydrogen (secondary N) is 2. The zero-order chi connectivity index (χ0) is 12.3. The Morgan fingerprint density at radius 1 is 1.53 bits per heavy atom. The van der Waals surface area contributed by atoms with Gasteiger partial charge in [-0.3, -0.25) is 4.79 Å². The second-order valence-corrected chi connectivity index (χ2v) is 5.05. The first-order valence-corrected chi connectivity index (χ1v) is 6.38. The van der Waals surface area contributed by atoms with Crippen molar-refractivity contribution >= 4 is 21.8 Å². The molecular formula is C12H14BrFN2O. The Morgan fingerprint density at radius 3 is 2.94 bits per heavy atom. The lowest BCUT2D eigenvalue weighted by molar-refractivity contribution is -0.126. The second kappa shape index (κ2) is 5.60. The number of hydrogen-bond acceptors (Lipinski definition) is 2. The third-order valence-electron chi connectivity index (χ3n) is 2.85. The highest BCUT2D eigenvalue weighted by atomic mass is 79.9.